The molecule has 1 rings (SSSR count). The van der Waals surface area contributed by atoms with Crippen LogP contribution >= 0.6 is 11.6 Å². The molecule has 0 radical (unpaired) electrons. The quantitative estimate of drug-likeness (QED) is 0.783. The van der Waals surface area contributed by atoms with Crippen LogP contribution in [0, 0.1) is 5.82 Å². The summed E-state index contributed by atoms with van der Waals surface area (Å²) >= 11 is 4.93. The van der Waals surface area contributed by atoms with Gasteiger partial charge in [-0.25, -0.2) is 18.2 Å². The third kappa shape index (κ3) is 1.79. The fourth-order valence-electron chi connectivity index (χ4n) is 0.876. The fraction of sp³-hybridized carbons (Fsp3) is 0.143. The van der Waals surface area contributed by atoms with Crippen molar-refractivity contribution in [3.63, 3.8) is 0 Å². The molecule has 3 nitrogen and oxygen atoms in total. The first kappa shape index (κ1) is 10.8. The highest BCUT2D eigenvalue weighted by Crippen LogP contribution is 2.28. The van der Waals surface area contributed by atoms with Crippen LogP contribution in [0.2, 0.25) is 0 Å². The standard InChI is InChI=1S/C7H4ClF3N2O/c8-6(14)5-3(7(10)11)4(9)2(12)1-13-5/h1,7H,12H2. The number of anilines is 1. The van der Waals surface area contributed by atoms with Crippen molar-refractivity contribution in [2.24, 2.45) is 0 Å². The number of nitrogens with zero attached hydrogens (tertiary/aromatic N) is 1. The zero-order chi connectivity index (χ0) is 10.9. The Morgan fingerprint density at radius 2 is 2.14 bits per heavy atom. The molecule has 1 heterocycles. The Balaban J connectivity index is 3.45. The molecule has 0 saturated heterocycles. The average molecular weight is 225 g/mol. The van der Waals surface area contributed by atoms with Crippen molar-refractivity contribution in [2.45, 2.75) is 6.43 Å². The Morgan fingerprint density at radius 3 is 2.57 bits per heavy atom. The Bertz CT molecular complexity index is 383. The molecule has 2 N–H and O–H groups in total. The smallest absolute Gasteiger partial charge is 0.271 e. The molecule has 0 aliphatic heterocycles. The van der Waals surface area contributed by atoms with Gasteiger partial charge in [-0.1, -0.05) is 0 Å². The van der Waals surface area contributed by atoms with Crippen LogP contribution in [-0.4, -0.2) is 10.2 Å². The molecule has 0 amide bonds. The molecule has 0 bridgehead atoms. The van der Waals surface area contributed by atoms with Gasteiger partial charge in [0.05, 0.1) is 17.4 Å². The predicted molar refractivity (Wildman–Crippen MR) is 43.7 cm³/mol. The summed E-state index contributed by atoms with van der Waals surface area (Å²) in [5.74, 6) is -1.36. The number of carbonyl (C=O) groups is 1. The first-order valence-electron chi connectivity index (χ1n) is 3.37. The maximum absolute atomic E-state index is 13.0. The predicted octanol–water partition coefficient (Wildman–Crippen LogP) is 2.12. The molecule has 1 aromatic rings. The van der Waals surface area contributed by atoms with Gasteiger partial charge in [-0.3, -0.25) is 4.79 Å². The molecule has 7 heteroatoms. The summed E-state index contributed by atoms with van der Waals surface area (Å²) in [6, 6.07) is 0. The van der Waals surface area contributed by atoms with E-state index in [9.17, 15) is 18.0 Å². The fourth-order valence-corrected chi connectivity index (χ4v) is 1.03. The first-order valence-corrected chi connectivity index (χ1v) is 3.74. The minimum atomic E-state index is -3.19. The molecule has 0 fully saturated rings. The molecule has 14 heavy (non-hydrogen) atoms. The summed E-state index contributed by atoms with van der Waals surface area (Å²) in [6.45, 7) is 0. The van der Waals surface area contributed by atoms with Gasteiger partial charge in [0.15, 0.2) is 5.82 Å². The van der Waals surface area contributed by atoms with Crippen molar-refractivity contribution in [3.8, 4) is 0 Å². The lowest BCUT2D eigenvalue weighted by atomic mass is 10.2. The maximum Gasteiger partial charge on any atom is 0.271 e. The Labute approximate surface area is 81.7 Å². The number of halogens is 4. The molecule has 0 aliphatic carbocycles. The van der Waals surface area contributed by atoms with E-state index in [2.05, 4.69) is 4.98 Å². The molecule has 0 aliphatic rings. The number of rotatable bonds is 2. The van der Waals surface area contributed by atoms with Crippen LogP contribution in [-0.2, 0) is 0 Å². The number of hydrogen-bond acceptors (Lipinski definition) is 3. The third-order valence-corrected chi connectivity index (χ3v) is 1.66. The van der Waals surface area contributed by atoms with E-state index in [-0.39, 0.29) is 0 Å². The second-order valence-corrected chi connectivity index (χ2v) is 2.71. The van der Waals surface area contributed by atoms with E-state index in [1.165, 1.54) is 0 Å². The van der Waals surface area contributed by atoms with Crippen molar-refractivity contribution in [3.05, 3.63) is 23.3 Å². The highest BCUT2D eigenvalue weighted by atomic mass is 35.5. The lowest BCUT2D eigenvalue weighted by Crippen LogP contribution is -2.07. The van der Waals surface area contributed by atoms with Gasteiger partial charge in [-0.15, -0.1) is 0 Å². The molecule has 0 spiro atoms. The van der Waals surface area contributed by atoms with E-state index in [0.717, 1.165) is 6.20 Å². The SMILES string of the molecule is Nc1cnc(C(=O)Cl)c(C(F)F)c1F. The normalized spacial score (nSPS) is 10.6. The van der Waals surface area contributed by atoms with Crippen LogP contribution in [0.5, 0.6) is 0 Å². The Hall–Kier alpha value is -1.30. The molecule has 0 unspecified atom stereocenters. The summed E-state index contributed by atoms with van der Waals surface area (Å²) in [4.78, 5) is 13.8. The van der Waals surface area contributed by atoms with Crippen molar-refractivity contribution in [2.75, 3.05) is 5.73 Å². The van der Waals surface area contributed by atoms with Gasteiger partial charge >= 0.3 is 0 Å². The van der Waals surface area contributed by atoms with Crippen molar-refractivity contribution in [1.82, 2.24) is 4.98 Å². The van der Waals surface area contributed by atoms with E-state index < -0.39 is 34.4 Å². The molecule has 76 valence electrons. The highest BCUT2D eigenvalue weighted by Gasteiger charge is 2.24. The monoisotopic (exact) mass is 224 g/mol. The number of pyridine rings is 1. The van der Waals surface area contributed by atoms with Crippen LogP contribution < -0.4 is 5.73 Å². The van der Waals surface area contributed by atoms with E-state index in [0.29, 0.717) is 0 Å². The lowest BCUT2D eigenvalue weighted by molar-refractivity contribution is 0.105. The van der Waals surface area contributed by atoms with Crippen LogP contribution in [0.15, 0.2) is 6.20 Å². The van der Waals surface area contributed by atoms with Gasteiger partial charge < -0.3 is 5.73 Å². The minimum absolute atomic E-state index is 0.554. The zero-order valence-electron chi connectivity index (χ0n) is 6.60. The number of aromatic nitrogens is 1. The van der Waals surface area contributed by atoms with Gasteiger partial charge in [0.1, 0.15) is 5.69 Å². The average Bonchev–Trinajstić information content (AvgIpc) is 2.08. The summed E-state index contributed by atoms with van der Waals surface area (Å²) < 4.78 is 37.6. The summed E-state index contributed by atoms with van der Waals surface area (Å²) in [5, 5.41) is -1.25. The minimum Gasteiger partial charge on any atom is -0.395 e. The van der Waals surface area contributed by atoms with E-state index in [4.69, 9.17) is 17.3 Å². The van der Waals surface area contributed by atoms with Crippen molar-refractivity contribution in [1.29, 1.82) is 0 Å². The molecule has 0 saturated carbocycles. The van der Waals surface area contributed by atoms with Gasteiger partial charge in [-0.2, -0.15) is 0 Å². The molecular weight excluding hydrogens is 221 g/mol. The van der Waals surface area contributed by atoms with Crippen LogP contribution in [0.25, 0.3) is 0 Å². The van der Waals surface area contributed by atoms with Gasteiger partial charge in [0, 0.05) is 0 Å². The van der Waals surface area contributed by atoms with E-state index in [1.807, 2.05) is 0 Å². The third-order valence-electron chi connectivity index (χ3n) is 1.48. The second-order valence-electron chi connectivity index (χ2n) is 2.36. The van der Waals surface area contributed by atoms with Crippen LogP contribution in [0.4, 0.5) is 18.9 Å². The maximum atomic E-state index is 13.0. The first-order chi connectivity index (χ1) is 6.45. The highest BCUT2D eigenvalue weighted by molar-refractivity contribution is 6.67. The topological polar surface area (TPSA) is 56.0 Å². The zero-order valence-corrected chi connectivity index (χ0v) is 7.36. The molecule has 0 aromatic carbocycles. The number of alkyl halides is 2. The number of nitrogen functional groups attached to an aromatic ring is 1. The summed E-state index contributed by atoms with van der Waals surface area (Å²) in [6.07, 6.45) is -2.43. The Kier molecular flexibility index (Phi) is 2.95. The van der Waals surface area contributed by atoms with Crippen molar-refractivity contribution < 1.29 is 18.0 Å². The molecule has 0 atom stereocenters. The summed E-state index contributed by atoms with van der Waals surface area (Å²) in [7, 11) is 0. The summed E-state index contributed by atoms with van der Waals surface area (Å²) in [5.41, 5.74) is 2.47. The number of carbonyl (C=O) groups excluding carboxylic acids is 1. The van der Waals surface area contributed by atoms with E-state index in [1.54, 1.807) is 0 Å². The lowest BCUT2D eigenvalue weighted by Gasteiger charge is -2.06. The largest absolute Gasteiger partial charge is 0.395 e. The van der Waals surface area contributed by atoms with Crippen LogP contribution in [0.1, 0.15) is 22.5 Å². The van der Waals surface area contributed by atoms with Crippen LogP contribution in [0.3, 0.4) is 0 Å². The number of hydrogen-bond donors (Lipinski definition) is 1. The van der Waals surface area contributed by atoms with E-state index >= 15 is 0 Å². The van der Waals surface area contributed by atoms with Gasteiger partial charge in [0.2, 0.25) is 0 Å². The van der Waals surface area contributed by atoms with Gasteiger partial charge in [0.25, 0.3) is 11.7 Å². The molecule has 1 aromatic heterocycles. The van der Waals surface area contributed by atoms with Gasteiger partial charge in [-0.05, 0) is 11.6 Å². The second kappa shape index (κ2) is 3.83. The van der Waals surface area contributed by atoms with Crippen molar-refractivity contribution >= 4 is 22.5 Å². The number of nitrogens with two attached hydrogens (primary N) is 1. The Morgan fingerprint density at radius 1 is 1.57 bits per heavy atom. The molecular formula is C7H4ClF3N2O.